The van der Waals surface area contributed by atoms with Crippen molar-refractivity contribution < 1.29 is 4.79 Å². The number of para-hydroxylation sites is 1. The van der Waals surface area contributed by atoms with E-state index < -0.39 is 0 Å². The highest BCUT2D eigenvalue weighted by Gasteiger charge is 2.21. The minimum Gasteiger partial charge on any atom is -0.317 e. The number of aldehydes is 1. The molecule has 0 aliphatic carbocycles. The first kappa shape index (κ1) is 17.4. The van der Waals surface area contributed by atoms with Crippen molar-refractivity contribution in [2.24, 2.45) is 0 Å². The molecule has 0 unspecified atom stereocenters. The summed E-state index contributed by atoms with van der Waals surface area (Å²) in [7, 11) is 0. The lowest BCUT2D eigenvalue weighted by molar-refractivity contribution is 0.112. The average Bonchev–Trinajstić information content (AvgIpc) is 2.92. The standard InChI is InChI=1S/C21H16BrN3O2/c1-12-17(11-26)19(13(2)25(12)15-9-7-14(22)8-10-15)20-23-18-6-4-3-5-16(18)21(27)24-20/h3-11H,1-2H3,(H,23,24,27). The van der Waals surface area contributed by atoms with Crippen LogP contribution in [0, 0.1) is 13.8 Å². The van der Waals surface area contributed by atoms with E-state index >= 15 is 0 Å². The van der Waals surface area contributed by atoms with E-state index in [0.717, 1.165) is 27.8 Å². The van der Waals surface area contributed by atoms with Gasteiger partial charge in [0.05, 0.1) is 10.9 Å². The number of carbonyl (C=O) groups excluding carboxylic acids is 1. The first-order valence-electron chi connectivity index (χ1n) is 8.43. The van der Waals surface area contributed by atoms with Crippen molar-refractivity contribution in [2.45, 2.75) is 13.8 Å². The van der Waals surface area contributed by atoms with Gasteiger partial charge in [-0.05, 0) is 50.2 Å². The number of H-pyrrole nitrogens is 1. The lowest BCUT2D eigenvalue weighted by Crippen LogP contribution is -2.10. The number of hydrogen-bond donors (Lipinski definition) is 1. The van der Waals surface area contributed by atoms with Crippen LogP contribution in [0.15, 0.2) is 57.8 Å². The number of rotatable bonds is 3. The summed E-state index contributed by atoms with van der Waals surface area (Å²) in [4.78, 5) is 31.8. The van der Waals surface area contributed by atoms with Crippen molar-refractivity contribution in [3.63, 3.8) is 0 Å². The highest BCUT2D eigenvalue weighted by molar-refractivity contribution is 9.10. The maximum Gasteiger partial charge on any atom is 0.259 e. The zero-order valence-corrected chi connectivity index (χ0v) is 16.4. The molecular formula is C21H16BrN3O2. The topological polar surface area (TPSA) is 67.8 Å². The number of halogens is 1. The Balaban J connectivity index is 2.02. The number of benzene rings is 2. The minimum absolute atomic E-state index is 0.221. The Morgan fingerprint density at radius 1 is 1.04 bits per heavy atom. The van der Waals surface area contributed by atoms with Crippen LogP contribution in [0.4, 0.5) is 0 Å². The van der Waals surface area contributed by atoms with Gasteiger partial charge < -0.3 is 9.55 Å². The molecule has 0 aliphatic rings. The molecule has 0 saturated carbocycles. The molecule has 2 aromatic heterocycles. The van der Waals surface area contributed by atoms with Crippen molar-refractivity contribution in [3.05, 3.63) is 80.3 Å². The molecule has 6 heteroatoms. The van der Waals surface area contributed by atoms with E-state index in [9.17, 15) is 9.59 Å². The smallest absolute Gasteiger partial charge is 0.259 e. The largest absolute Gasteiger partial charge is 0.317 e. The normalized spacial score (nSPS) is 11.1. The van der Waals surface area contributed by atoms with Gasteiger partial charge in [0.15, 0.2) is 6.29 Å². The molecule has 1 N–H and O–H groups in total. The van der Waals surface area contributed by atoms with Crippen LogP contribution >= 0.6 is 15.9 Å². The van der Waals surface area contributed by atoms with E-state index in [1.165, 1.54) is 0 Å². The van der Waals surface area contributed by atoms with Gasteiger partial charge in [-0.3, -0.25) is 9.59 Å². The number of carbonyl (C=O) groups is 1. The quantitative estimate of drug-likeness (QED) is 0.492. The van der Waals surface area contributed by atoms with Crippen molar-refractivity contribution in [1.82, 2.24) is 14.5 Å². The predicted octanol–water partition coefficient (Wildman–Crippen LogP) is 4.57. The summed E-state index contributed by atoms with van der Waals surface area (Å²) >= 11 is 3.44. The number of aromatic amines is 1. The van der Waals surface area contributed by atoms with E-state index in [2.05, 4.69) is 25.9 Å². The number of nitrogens with zero attached hydrogens (tertiary/aromatic N) is 2. The molecule has 27 heavy (non-hydrogen) atoms. The SMILES string of the molecule is Cc1c(C=O)c(-c2nc3ccccc3c(=O)[nH]2)c(C)n1-c1ccc(Br)cc1. The van der Waals surface area contributed by atoms with Gasteiger partial charge in [0.1, 0.15) is 5.82 Å². The Bertz CT molecular complexity index is 1240. The molecule has 0 saturated heterocycles. The third-order valence-corrected chi connectivity index (χ3v) is 5.27. The molecule has 0 spiro atoms. The third kappa shape index (κ3) is 2.82. The molecule has 2 heterocycles. The fourth-order valence-corrected chi connectivity index (χ4v) is 3.75. The second-order valence-electron chi connectivity index (χ2n) is 6.32. The van der Waals surface area contributed by atoms with Crippen LogP contribution in [0.3, 0.4) is 0 Å². The first-order chi connectivity index (χ1) is 13.0. The van der Waals surface area contributed by atoms with Crippen LogP contribution in [-0.2, 0) is 0 Å². The minimum atomic E-state index is -0.221. The van der Waals surface area contributed by atoms with Crippen LogP contribution < -0.4 is 5.56 Å². The zero-order chi connectivity index (χ0) is 19.1. The Hall–Kier alpha value is -2.99. The van der Waals surface area contributed by atoms with Crippen LogP contribution in [0.2, 0.25) is 0 Å². The molecular weight excluding hydrogens is 406 g/mol. The highest BCUT2D eigenvalue weighted by Crippen LogP contribution is 2.32. The van der Waals surface area contributed by atoms with Gasteiger partial charge in [-0.15, -0.1) is 0 Å². The lowest BCUT2D eigenvalue weighted by Gasteiger charge is -2.10. The van der Waals surface area contributed by atoms with Gasteiger partial charge in [-0.25, -0.2) is 4.98 Å². The molecule has 4 aromatic rings. The predicted molar refractivity (Wildman–Crippen MR) is 110 cm³/mol. The zero-order valence-electron chi connectivity index (χ0n) is 14.8. The van der Waals surface area contributed by atoms with Gasteiger partial charge >= 0.3 is 0 Å². The Labute approximate surface area is 163 Å². The molecule has 0 radical (unpaired) electrons. The van der Waals surface area contributed by atoms with E-state index in [-0.39, 0.29) is 5.56 Å². The molecule has 2 aromatic carbocycles. The fourth-order valence-electron chi connectivity index (χ4n) is 3.49. The van der Waals surface area contributed by atoms with E-state index in [0.29, 0.717) is 27.9 Å². The summed E-state index contributed by atoms with van der Waals surface area (Å²) in [6, 6.07) is 15.0. The van der Waals surface area contributed by atoms with Crippen LogP contribution in [0.1, 0.15) is 21.7 Å². The molecule has 5 nitrogen and oxygen atoms in total. The Kier molecular flexibility index (Phi) is 4.28. The Morgan fingerprint density at radius 2 is 1.74 bits per heavy atom. The third-order valence-electron chi connectivity index (χ3n) is 4.74. The molecule has 0 aliphatic heterocycles. The maximum absolute atomic E-state index is 12.5. The van der Waals surface area contributed by atoms with Gasteiger partial charge in [-0.1, -0.05) is 28.1 Å². The van der Waals surface area contributed by atoms with Crippen LogP contribution in [0.25, 0.3) is 28.0 Å². The number of aromatic nitrogens is 3. The molecule has 0 fully saturated rings. The number of hydrogen-bond acceptors (Lipinski definition) is 3. The summed E-state index contributed by atoms with van der Waals surface area (Å²) in [6.45, 7) is 3.81. The van der Waals surface area contributed by atoms with Gasteiger partial charge in [0.2, 0.25) is 0 Å². The van der Waals surface area contributed by atoms with Gasteiger partial charge in [-0.2, -0.15) is 0 Å². The van der Waals surface area contributed by atoms with Crippen molar-refractivity contribution in [3.8, 4) is 17.1 Å². The summed E-state index contributed by atoms with van der Waals surface area (Å²) in [5.74, 6) is 0.400. The van der Waals surface area contributed by atoms with Crippen LogP contribution in [-0.4, -0.2) is 20.8 Å². The molecule has 0 amide bonds. The van der Waals surface area contributed by atoms with Gasteiger partial charge in [0, 0.05) is 32.7 Å². The van der Waals surface area contributed by atoms with Crippen molar-refractivity contribution >= 4 is 33.1 Å². The summed E-state index contributed by atoms with van der Waals surface area (Å²) in [6.07, 6.45) is 0.822. The lowest BCUT2D eigenvalue weighted by atomic mass is 10.1. The average molecular weight is 422 g/mol. The summed E-state index contributed by atoms with van der Waals surface area (Å²) < 4.78 is 2.98. The maximum atomic E-state index is 12.5. The summed E-state index contributed by atoms with van der Waals surface area (Å²) in [5.41, 5.74) is 4.13. The van der Waals surface area contributed by atoms with E-state index in [1.54, 1.807) is 18.2 Å². The Morgan fingerprint density at radius 3 is 2.44 bits per heavy atom. The number of fused-ring (bicyclic) bond motifs is 1. The molecule has 0 atom stereocenters. The molecule has 0 bridgehead atoms. The highest BCUT2D eigenvalue weighted by atomic mass is 79.9. The van der Waals surface area contributed by atoms with E-state index in [1.807, 2.05) is 48.7 Å². The second-order valence-corrected chi connectivity index (χ2v) is 7.24. The molecule has 134 valence electrons. The first-order valence-corrected chi connectivity index (χ1v) is 9.23. The van der Waals surface area contributed by atoms with Crippen molar-refractivity contribution in [1.29, 1.82) is 0 Å². The fraction of sp³-hybridized carbons (Fsp3) is 0.0952. The summed E-state index contributed by atoms with van der Waals surface area (Å²) in [5, 5.41) is 0.524. The van der Waals surface area contributed by atoms with Gasteiger partial charge in [0.25, 0.3) is 5.56 Å². The van der Waals surface area contributed by atoms with Crippen molar-refractivity contribution in [2.75, 3.05) is 0 Å². The second kappa shape index (κ2) is 6.63. The van der Waals surface area contributed by atoms with E-state index in [4.69, 9.17) is 0 Å². The number of nitrogens with one attached hydrogen (secondary N) is 1. The van der Waals surface area contributed by atoms with Crippen LogP contribution in [0.5, 0.6) is 0 Å². The molecule has 4 rings (SSSR count). The monoisotopic (exact) mass is 421 g/mol.